The van der Waals surface area contributed by atoms with E-state index in [2.05, 4.69) is 15.2 Å². The van der Waals surface area contributed by atoms with Crippen molar-refractivity contribution in [2.45, 2.75) is 30.7 Å². The summed E-state index contributed by atoms with van der Waals surface area (Å²) in [6.45, 7) is 3.81. The SMILES string of the molecule is O=C(NCc1ccc(N2CCCCC2)nc1)N1CCN(S(=O)(=O)c2ccccc2)CC1. The lowest BCUT2D eigenvalue weighted by Gasteiger charge is -2.34. The number of rotatable bonds is 5. The molecule has 1 aromatic heterocycles. The number of carbonyl (C=O) groups excluding carboxylic acids is 1. The Kier molecular flexibility index (Phi) is 6.72. The molecule has 0 spiro atoms. The Morgan fingerprint density at radius 3 is 2.26 bits per heavy atom. The van der Waals surface area contributed by atoms with Gasteiger partial charge in [-0.3, -0.25) is 0 Å². The van der Waals surface area contributed by atoms with Crippen LogP contribution in [0.3, 0.4) is 0 Å². The fourth-order valence-corrected chi connectivity index (χ4v) is 5.44. The molecule has 3 heterocycles. The van der Waals surface area contributed by atoms with E-state index in [9.17, 15) is 13.2 Å². The second kappa shape index (κ2) is 9.65. The van der Waals surface area contributed by atoms with Gasteiger partial charge in [-0.05, 0) is 43.0 Å². The minimum absolute atomic E-state index is 0.183. The number of piperazine rings is 1. The lowest BCUT2D eigenvalue weighted by Crippen LogP contribution is -2.52. The van der Waals surface area contributed by atoms with Gasteiger partial charge in [-0.1, -0.05) is 24.3 Å². The average molecular weight is 444 g/mol. The van der Waals surface area contributed by atoms with Gasteiger partial charge in [0.05, 0.1) is 4.90 Å². The monoisotopic (exact) mass is 443 g/mol. The Hall–Kier alpha value is -2.65. The molecule has 31 heavy (non-hydrogen) atoms. The van der Waals surface area contributed by atoms with Crippen molar-refractivity contribution in [3.8, 4) is 0 Å². The first-order valence-electron chi connectivity index (χ1n) is 10.8. The zero-order valence-corrected chi connectivity index (χ0v) is 18.4. The number of sulfonamides is 1. The second-order valence-electron chi connectivity index (χ2n) is 7.94. The van der Waals surface area contributed by atoms with E-state index in [0.717, 1.165) is 24.5 Å². The summed E-state index contributed by atoms with van der Waals surface area (Å²) in [7, 11) is -3.52. The largest absolute Gasteiger partial charge is 0.357 e. The summed E-state index contributed by atoms with van der Waals surface area (Å²) in [5.74, 6) is 0.991. The van der Waals surface area contributed by atoms with Gasteiger partial charge in [0.1, 0.15) is 5.82 Å². The summed E-state index contributed by atoms with van der Waals surface area (Å²) in [6, 6.07) is 12.2. The smallest absolute Gasteiger partial charge is 0.317 e. The van der Waals surface area contributed by atoms with Crippen molar-refractivity contribution in [2.75, 3.05) is 44.2 Å². The maximum absolute atomic E-state index is 12.7. The predicted octanol–water partition coefficient (Wildman–Crippen LogP) is 2.29. The number of benzene rings is 1. The van der Waals surface area contributed by atoms with Crippen molar-refractivity contribution in [3.63, 3.8) is 0 Å². The third-order valence-electron chi connectivity index (χ3n) is 5.84. The quantitative estimate of drug-likeness (QED) is 0.766. The van der Waals surface area contributed by atoms with E-state index in [0.29, 0.717) is 19.6 Å². The highest BCUT2D eigenvalue weighted by atomic mass is 32.2. The van der Waals surface area contributed by atoms with E-state index in [1.807, 2.05) is 18.3 Å². The van der Waals surface area contributed by atoms with Crippen LogP contribution >= 0.6 is 0 Å². The molecule has 0 aliphatic carbocycles. The van der Waals surface area contributed by atoms with Crippen molar-refractivity contribution in [3.05, 3.63) is 54.2 Å². The van der Waals surface area contributed by atoms with Crippen LogP contribution in [-0.2, 0) is 16.6 Å². The number of urea groups is 1. The van der Waals surface area contributed by atoms with Crippen LogP contribution in [0.1, 0.15) is 24.8 Å². The number of hydrogen-bond acceptors (Lipinski definition) is 5. The van der Waals surface area contributed by atoms with E-state index in [1.165, 1.54) is 23.6 Å². The Balaban J connectivity index is 1.26. The zero-order chi connectivity index (χ0) is 21.7. The molecule has 0 bridgehead atoms. The highest BCUT2D eigenvalue weighted by Crippen LogP contribution is 2.18. The highest BCUT2D eigenvalue weighted by Gasteiger charge is 2.29. The van der Waals surface area contributed by atoms with E-state index >= 15 is 0 Å². The van der Waals surface area contributed by atoms with E-state index in [4.69, 9.17) is 0 Å². The van der Waals surface area contributed by atoms with Gasteiger partial charge in [0.15, 0.2) is 0 Å². The van der Waals surface area contributed by atoms with Crippen LogP contribution in [0.2, 0.25) is 0 Å². The molecular formula is C22H29N5O3S. The molecule has 1 N–H and O–H groups in total. The van der Waals surface area contributed by atoms with Crippen LogP contribution in [0.25, 0.3) is 0 Å². The predicted molar refractivity (Wildman–Crippen MR) is 119 cm³/mol. The summed E-state index contributed by atoms with van der Waals surface area (Å²) < 4.78 is 26.9. The van der Waals surface area contributed by atoms with Gasteiger partial charge in [0, 0.05) is 52.0 Å². The van der Waals surface area contributed by atoms with E-state index < -0.39 is 10.0 Å². The summed E-state index contributed by atoms with van der Waals surface area (Å²) in [6.07, 6.45) is 5.51. The number of hydrogen-bond donors (Lipinski definition) is 1. The van der Waals surface area contributed by atoms with Crippen molar-refractivity contribution >= 4 is 21.9 Å². The molecule has 4 rings (SSSR count). The molecule has 0 saturated carbocycles. The minimum atomic E-state index is -3.52. The first-order valence-corrected chi connectivity index (χ1v) is 12.3. The maximum atomic E-state index is 12.7. The molecule has 0 radical (unpaired) electrons. The molecule has 166 valence electrons. The molecule has 2 saturated heterocycles. The van der Waals surface area contributed by atoms with Crippen molar-refractivity contribution < 1.29 is 13.2 Å². The van der Waals surface area contributed by atoms with Crippen LogP contribution in [0, 0.1) is 0 Å². The van der Waals surface area contributed by atoms with Crippen molar-refractivity contribution in [1.82, 2.24) is 19.5 Å². The molecule has 0 atom stereocenters. The fraction of sp³-hybridized carbons (Fsp3) is 0.455. The van der Waals surface area contributed by atoms with Crippen LogP contribution < -0.4 is 10.2 Å². The third-order valence-corrected chi connectivity index (χ3v) is 7.75. The second-order valence-corrected chi connectivity index (χ2v) is 9.87. The van der Waals surface area contributed by atoms with E-state index in [1.54, 1.807) is 35.2 Å². The summed E-state index contributed by atoms with van der Waals surface area (Å²) in [4.78, 5) is 21.3. The van der Waals surface area contributed by atoms with Crippen LogP contribution in [-0.4, -0.2) is 67.9 Å². The van der Waals surface area contributed by atoms with Crippen LogP contribution in [0.4, 0.5) is 10.6 Å². The van der Waals surface area contributed by atoms with Crippen molar-refractivity contribution in [2.24, 2.45) is 0 Å². The summed E-state index contributed by atoms with van der Waals surface area (Å²) in [5, 5.41) is 2.92. The topological polar surface area (TPSA) is 85.8 Å². The molecule has 2 fully saturated rings. The zero-order valence-electron chi connectivity index (χ0n) is 17.6. The Morgan fingerprint density at radius 1 is 0.903 bits per heavy atom. The molecule has 2 aliphatic heterocycles. The number of carbonyl (C=O) groups is 1. The van der Waals surface area contributed by atoms with Gasteiger partial charge >= 0.3 is 6.03 Å². The Morgan fingerprint density at radius 2 is 1.61 bits per heavy atom. The molecule has 2 amide bonds. The van der Waals surface area contributed by atoms with Gasteiger partial charge in [-0.15, -0.1) is 0 Å². The number of anilines is 1. The molecule has 2 aliphatic rings. The molecule has 1 aromatic carbocycles. The van der Waals surface area contributed by atoms with Crippen molar-refractivity contribution in [1.29, 1.82) is 0 Å². The molecule has 9 heteroatoms. The molecule has 0 unspecified atom stereocenters. The van der Waals surface area contributed by atoms with Gasteiger partial charge < -0.3 is 15.1 Å². The Bertz CT molecular complexity index is 968. The minimum Gasteiger partial charge on any atom is -0.357 e. The highest BCUT2D eigenvalue weighted by molar-refractivity contribution is 7.89. The summed E-state index contributed by atoms with van der Waals surface area (Å²) in [5.41, 5.74) is 0.944. The normalized spacial score (nSPS) is 18.1. The van der Waals surface area contributed by atoms with Gasteiger partial charge in [0.25, 0.3) is 0 Å². The number of pyridine rings is 1. The van der Waals surface area contributed by atoms with Crippen LogP contribution in [0.5, 0.6) is 0 Å². The lowest BCUT2D eigenvalue weighted by molar-refractivity contribution is 0.172. The Labute approximate surface area is 183 Å². The molecule has 2 aromatic rings. The fourth-order valence-electron chi connectivity index (χ4n) is 3.99. The maximum Gasteiger partial charge on any atom is 0.317 e. The van der Waals surface area contributed by atoms with Gasteiger partial charge in [-0.2, -0.15) is 4.31 Å². The number of nitrogens with one attached hydrogen (secondary N) is 1. The number of aromatic nitrogens is 1. The van der Waals surface area contributed by atoms with Crippen LogP contribution in [0.15, 0.2) is 53.6 Å². The summed E-state index contributed by atoms with van der Waals surface area (Å²) >= 11 is 0. The first-order chi connectivity index (χ1) is 15.0. The van der Waals surface area contributed by atoms with E-state index in [-0.39, 0.29) is 24.0 Å². The number of piperidine rings is 1. The first kappa shape index (κ1) is 21.6. The number of amides is 2. The van der Waals surface area contributed by atoms with Gasteiger partial charge in [0.2, 0.25) is 10.0 Å². The standard InChI is InChI=1S/C22H29N5O3S/c28-22(24-18-19-9-10-21(23-17-19)25-11-5-2-6-12-25)26-13-15-27(16-14-26)31(29,30)20-7-3-1-4-8-20/h1,3-4,7-10,17H,2,5-6,11-16,18H2,(H,24,28). The lowest BCUT2D eigenvalue weighted by atomic mass is 10.1. The molecular weight excluding hydrogens is 414 g/mol. The molecule has 8 nitrogen and oxygen atoms in total. The average Bonchev–Trinajstić information content (AvgIpc) is 2.84. The number of nitrogens with zero attached hydrogens (tertiary/aromatic N) is 4. The third kappa shape index (κ3) is 5.16. The van der Waals surface area contributed by atoms with Gasteiger partial charge in [-0.25, -0.2) is 18.2 Å².